The number of hydrogen-bond acceptors (Lipinski definition) is 5. The van der Waals surface area contributed by atoms with Gasteiger partial charge in [-0.3, -0.25) is 9.36 Å². The molecule has 2 aromatic rings. The molecule has 0 atom stereocenters. The van der Waals surface area contributed by atoms with Gasteiger partial charge in [0.2, 0.25) is 10.0 Å². The molecule has 0 radical (unpaired) electrons. The van der Waals surface area contributed by atoms with Gasteiger partial charge in [-0.25, -0.2) is 22.5 Å². The Labute approximate surface area is 144 Å². The number of nitrogens with one attached hydrogen (secondary N) is 1. The van der Waals surface area contributed by atoms with Crippen molar-refractivity contribution < 1.29 is 21.6 Å². The molecule has 0 aliphatic heterocycles. The van der Waals surface area contributed by atoms with Gasteiger partial charge in [-0.2, -0.15) is 18.4 Å². The van der Waals surface area contributed by atoms with E-state index in [1.807, 2.05) is 4.72 Å². The minimum Gasteiger partial charge on any atom is -0.292 e. The summed E-state index contributed by atoms with van der Waals surface area (Å²) in [5.74, 6) is 0. The van der Waals surface area contributed by atoms with E-state index >= 15 is 0 Å². The summed E-state index contributed by atoms with van der Waals surface area (Å²) in [4.78, 5) is 23.8. The predicted octanol–water partition coefficient (Wildman–Crippen LogP) is 0.335. The third-order valence-electron chi connectivity index (χ3n) is 3.51. The number of sulfonamides is 1. The van der Waals surface area contributed by atoms with Crippen molar-refractivity contribution in [2.45, 2.75) is 11.1 Å². The summed E-state index contributed by atoms with van der Waals surface area (Å²) in [7, 11) is -2.20. The lowest BCUT2D eigenvalue weighted by atomic mass is 10.2. The van der Waals surface area contributed by atoms with E-state index in [0.717, 1.165) is 32.3 Å². The monoisotopic (exact) mass is 388 g/mol. The van der Waals surface area contributed by atoms with Crippen molar-refractivity contribution in [3.05, 3.63) is 56.4 Å². The fourth-order valence-corrected chi connectivity index (χ4v) is 3.11. The van der Waals surface area contributed by atoms with Crippen LogP contribution in [0.4, 0.5) is 13.2 Å². The number of halogens is 3. The van der Waals surface area contributed by atoms with Gasteiger partial charge in [-0.05, 0) is 25.2 Å². The quantitative estimate of drug-likeness (QED) is 0.814. The van der Waals surface area contributed by atoms with Gasteiger partial charge in [0.25, 0.3) is 5.56 Å². The smallest absolute Gasteiger partial charge is 0.292 e. The van der Waals surface area contributed by atoms with Gasteiger partial charge >= 0.3 is 11.9 Å². The molecule has 0 unspecified atom stereocenters. The Kier molecular flexibility index (Phi) is 4.80. The van der Waals surface area contributed by atoms with Gasteiger partial charge in [-0.15, -0.1) is 0 Å². The SMILES string of the molecule is CNS(=O)(=O)c1cc(-n2c(=O)cc(C(F)(F)F)n(C)c2=O)ccc1C#N. The zero-order valence-electron chi connectivity index (χ0n) is 13.3. The molecular weight excluding hydrogens is 377 g/mol. The number of aromatic nitrogens is 2. The maximum atomic E-state index is 12.9. The molecule has 0 aliphatic carbocycles. The molecule has 1 heterocycles. The van der Waals surface area contributed by atoms with Crippen molar-refractivity contribution in [2.75, 3.05) is 7.05 Å². The normalized spacial score (nSPS) is 12.0. The molecule has 1 aromatic heterocycles. The van der Waals surface area contributed by atoms with Gasteiger partial charge < -0.3 is 0 Å². The predicted molar refractivity (Wildman–Crippen MR) is 83.2 cm³/mol. The van der Waals surface area contributed by atoms with Gasteiger partial charge in [0.05, 0.1) is 11.3 Å². The van der Waals surface area contributed by atoms with Gasteiger partial charge in [0, 0.05) is 13.1 Å². The summed E-state index contributed by atoms with van der Waals surface area (Å²) < 4.78 is 65.2. The Morgan fingerprint density at radius 3 is 2.31 bits per heavy atom. The van der Waals surface area contributed by atoms with Crippen molar-refractivity contribution in [1.82, 2.24) is 13.9 Å². The molecule has 0 bridgehead atoms. The lowest BCUT2D eigenvalue weighted by Gasteiger charge is -2.14. The molecule has 26 heavy (non-hydrogen) atoms. The van der Waals surface area contributed by atoms with Crippen LogP contribution >= 0.6 is 0 Å². The van der Waals surface area contributed by atoms with Crippen LogP contribution < -0.4 is 16.0 Å². The average molecular weight is 388 g/mol. The Hall–Kier alpha value is -2.91. The first-order chi connectivity index (χ1) is 11.9. The molecular formula is C14H11F3N4O4S. The molecule has 2 rings (SSSR count). The highest BCUT2D eigenvalue weighted by Crippen LogP contribution is 2.27. The van der Waals surface area contributed by atoms with Crippen LogP contribution in [0.2, 0.25) is 0 Å². The molecule has 8 nitrogen and oxygen atoms in total. The molecule has 12 heteroatoms. The third kappa shape index (κ3) is 3.26. The van der Waals surface area contributed by atoms with Gasteiger partial charge in [0.15, 0.2) is 0 Å². The van der Waals surface area contributed by atoms with Crippen LogP contribution in [-0.2, 0) is 23.2 Å². The summed E-state index contributed by atoms with van der Waals surface area (Å²) in [6.45, 7) is 0. The van der Waals surface area contributed by atoms with E-state index in [9.17, 15) is 31.2 Å². The summed E-state index contributed by atoms with van der Waals surface area (Å²) in [5.41, 5.74) is -4.61. The Morgan fingerprint density at radius 1 is 1.19 bits per heavy atom. The Balaban J connectivity index is 2.86. The van der Waals surface area contributed by atoms with Crippen molar-refractivity contribution in [1.29, 1.82) is 5.26 Å². The zero-order valence-corrected chi connectivity index (χ0v) is 14.1. The second-order valence-electron chi connectivity index (χ2n) is 5.04. The van der Waals surface area contributed by atoms with Crippen LogP contribution in [0.25, 0.3) is 5.69 Å². The van der Waals surface area contributed by atoms with Crippen LogP contribution in [0.3, 0.4) is 0 Å². The zero-order chi connectivity index (χ0) is 19.9. The second-order valence-corrected chi connectivity index (χ2v) is 6.90. The standard InChI is InChI=1S/C14H11F3N4O4S/c1-19-26(24,25)10-5-9(4-3-8(10)7-18)21-12(22)6-11(14(15,16)17)20(2)13(21)23/h3-6,19H,1-2H3. The van der Waals surface area contributed by atoms with Crippen LogP contribution in [-0.4, -0.2) is 24.6 Å². The van der Waals surface area contributed by atoms with E-state index < -0.39 is 38.0 Å². The molecule has 1 N–H and O–H groups in total. The minimum absolute atomic E-state index is 0.228. The van der Waals surface area contributed by atoms with Crippen LogP contribution in [0.5, 0.6) is 0 Å². The highest BCUT2D eigenvalue weighted by molar-refractivity contribution is 7.89. The Morgan fingerprint density at radius 2 is 1.81 bits per heavy atom. The lowest BCUT2D eigenvalue weighted by Crippen LogP contribution is -2.40. The summed E-state index contributed by atoms with van der Waals surface area (Å²) >= 11 is 0. The van der Waals surface area contributed by atoms with Gasteiger partial charge in [-0.1, -0.05) is 0 Å². The molecule has 0 saturated heterocycles. The Bertz CT molecular complexity index is 1140. The number of nitriles is 1. The number of nitrogens with zero attached hydrogens (tertiary/aromatic N) is 3. The maximum absolute atomic E-state index is 12.9. The topological polar surface area (TPSA) is 114 Å². The molecule has 1 aromatic carbocycles. The second kappa shape index (κ2) is 6.43. The lowest BCUT2D eigenvalue weighted by molar-refractivity contribution is -0.144. The highest BCUT2D eigenvalue weighted by atomic mass is 32.2. The first-order valence-corrected chi connectivity index (χ1v) is 8.30. The van der Waals surface area contributed by atoms with Crippen LogP contribution in [0, 0.1) is 11.3 Å². The fraction of sp³-hybridized carbons (Fsp3) is 0.214. The number of hydrogen-bond donors (Lipinski definition) is 1. The minimum atomic E-state index is -4.92. The number of alkyl halides is 3. The molecule has 0 saturated carbocycles. The van der Waals surface area contributed by atoms with E-state index in [1.165, 1.54) is 0 Å². The van der Waals surface area contributed by atoms with Crippen LogP contribution in [0.1, 0.15) is 11.3 Å². The van der Waals surface area contributed by atoms with E-state index in [1.54, 1.807) is 6.07 Å². The molecule has 0 amide bonds. The summed E-state index contributed by atoms with van der Waals surface area (Å²) in [5, 5.41) is 9.02. The maximum Gasteiger partial charge on any atom is 0.431 e. The molecule has 0 spiro atoms. The van der Waals surface area contributed by atoms with Crippen molar-refractivity contribution in [3.8, 4) is 11.8 Å². The van der Waals surface area contributed by atoms with E-state index in [4.69, 9.17) is 5.26 Å². The fourth-order valence-electron chi connectivity index (χ4n) is 2.21. The molecule has 138 valence electrons. The third-order valence-corrected chi connectivity index (χ3v) is 4.97. The first kappa shape index (κ1) is 19.4. The van der Waals surface area contributed by atoms with Crippen molar-refractivity contribution in [2.24, 2.45) is 7.05 Å². The number of rotatable bonds is 3. The van der Waals surface area contributed by atoms with E-state index in [-0.39, 0.29) is 21.9 Å². The van der Waals surface area contributed by atoms with Crippen molar-refractivity contribution in [3.63, 3.8) is 0 Å². The van der Waals surface area contributed by atoms with Crippen LogP contribution in [0.15, 0.2) is 38.8 Å². The average Bonchev–Trinajstić information content (AvgIpc) is 2.57. The summed E-state index contributed by atoms with van der Waals surface area (Å²) in [6.07, 6.45) is -4.92. The largest absolute Gasteiger partial charge is 0.431 e. The summed E-state index contributed by atoms with van der Waals surface area (Å²) in [6, 6.07) is 4.87. The highest BCUT2D eigenvalue weighted by Gasteiger charge is 2.35. The first-order valence-electron chi connectivity index (χ1n) is 6.82. The van der Waals surface area contributed by atoms with Crippen molar-refractivity contribution >= 4 is 10.0 Å². The molecule has 0 aliphatic rings. The van der Waals surface area contributed by atoms with E-state index in [0.29, 0.717) is 4.57 Å². The van der Waals surface area contributed by atoms with Gasteiger partial charge in [0.1, 0.15) is 16.7 Å². The van der Waals surface area contributed by atoms with E-state index in [2.05, 4.69) is 0 Å². The number of benzene rings is 1. The molecule has 0 fully saturated rings.